The minimum atomic E-state index is -0.938. The maximum absolute atomic E-state index is 11.0. The van der Waals surface area contributed by atoms with Crippen molar-refractivity contribution in [2.45, 2.75) is 6.92 Å². The van der Waals surface area contributed by atoms with Crippen molar-refractivity contribution in [2.75, 3.05) is 5.73 Å². The second-order valence-electron chi connectivity index (χ2n) is 3.54. The van der Waals surface area contributed by atoms with E-state index in [4.69, 9.17) is 10.8 Å². The SMILES string of the molecule is Cc1ccc(-c2cc(N)n[nH]2)cc1C(=O)O. The summed E-state index contributed by atoms with van der Waals surface area (Å²) >= 11 is 0. The van der Waals surface area contributed by atoms with Crippen LogP contribution in [-0.2, 0) is 0 Å². The normalized spacial score (nSPS) is 10.3. The summed E-state index contributed by atoms with van der Waals surface area (Å²) in [6, 6.07) is 6.85. The number of benzene rings is 1. The number of carboxylic acid groups (broad SMARTS) is 1. The first-order chi connectivity index (χ1) is 7.58. The van der Waals surface area contributed by atoms with Crippen LogP contribution in [0.15, 0.2) is 24.3 Å². The van der Waals surface area contributed by atoms with Crippen molar-refractivity contribution in [1.82, 2.24) is 10.2 Å². The molecule has 1 heterocycles. The lowest BCUT2D eigenvalue weighted by Crippen LogP contribution is -1.99. The number of hydrogen-bond acceptors (Lipinski definition) is 3. The molecule has 0 amide bonds. The van der Waals surface area contributed by atoms with E-state index in [2.05, 4.69) is 10.2 Å². The Kier molecular flexibility index (Phi) is 2.36. The van der Waals surface area contributed by atoms with Crippen molar-refractivity contribution in [1.29, 1.82) is 0 Å². The fraction of sp³-hybridized carbons (Fsp3) is 0.0909. The fourth-order valence-corrected chi connectivity index (χ4v) is 1.51. The standard InChI is InChI=1S/C11H11N3O2/c1-6-2-3-7(4-8(6)11(15)16)9-5-10(12)14-13-9/h2-5H,1H3,(H,15,16)(H3,12,13,14). The number of carboxylic acids is 1. The third-order valence-corrected chi connectivity index (χ3v) is 2.38. The van der Waals surface area contributed by atoms with E-state index in [1.165, 1.54) is 0 Å². The van der Waals surface area contributed by atoms with E-state index in [0.29, 0.717) is 11.5 Å². The molecule has 1 aromatic carbocycles. The van der Waals surface area contributed by atoms with Gasteiger partial charge in [0.25, 0.3) is 0 Å². The third kappa shape index (κ3) is 1.75. The number of aryl methyl sites for hydroxylation is 1. The number of nitrogens with one attached hydrogen (secondary N) is 1. The fourth-order valence-electron chi connectivity index (χ4n) is 1.51. The topological polar surface area (TPSA) is 92.0 Å². The van der Waals surface area contributed by atoms with Gasteiger partial charge in [-0.3, -0.25) is 5.10 Å². The molecule has 0 aliphatic heterocycles. The van der Waals surface area contributed by atoms with Crippen LogP contribution in [0.4, 0.5) is 5.82 Å². The molecular formula is C11H11N3O2. The molecule has 0 unspecified atom stereocenters. The number of anilines is 1. The molecule has 16 heavy (non-hydrogen) atoms. The van der Waals surface area contributed by atoms with Gasteiger partial charge in [-0.2, -0.15) is 5.10 Å². The predicted octanol–water partition coefficient (Wildman–Crippen LogP) is 1.67. The second-order valence-corrected chi connectivity index (χ2v) is 3.54. The molecule has 0 saturated heterocycles. The average Bonchev–Trinajstić information content (AvgIpc) is 2.65. The predicted molar refractivity (Wildman–Crippen MR) is 60.1 cm³/mol. The van der Waals surface area contributed by atoms with Gasteiger partial charge in [-0.25, -0.2) is 4.79 Å². The second kappa shape index (κ2) is 3.69. The molecule has 0 fully saturated rings. The van der Waals surface area contributed by atoms with Crippen LogP contribution >= 0.6 is 0 Å². The van der Waals surface area contributed by atoms with Gasteiger partial charge in [0.2, 0.25) is 0 Å². The highest BCUT2D eigenvalue weighted by molar-refractivity contribution is 5.91. The number of rotatable bonds is 2. The number of carbonyl (C=O) groups is 1. The van der Waals surface area contributed by atoms with Crippen molar-refractivity contribution in [3.63, 3.8) is 0 Å². The van der Waals surface area contributed by atoms with E-state index in [-0.39, 0.29) is 5.56 Å². The Bertz CT molecular complexity index is 546. The summed E-state index contributed by atoms with van der Waals surface area (Å²) < 4.78 is 0. The molecule has 2 rings (SSSR count). The van der Waals surface area contributed by atoms with Gasteiger partial charge in [0.05, 0.1) is 11.3 Å². The Morgan fingerprint density at radius 2 is 2.19 bits per heavy atom. The van der Waals surface area contributed by atoms with E-state index in [1.54, 1.807) is 25.1 Å². The molecule has 0 atom stereocenters. The Hall–Kier alpha value is -2.30. The number of aromatic nitrogens is 2. The van der Waals surface area contributed by atoms with Crippen LogP contribution < -0.4 is 5.73 Å². The van der Waals surface area contributed by atoms with Crippen LogP contribution in [0, 0.1) is 6.92 Å². The van der Waals surface area contributed by atoms with Crippen LogP contribution in [0.2, 0.25) is 0 Å². The number of nitrogens with two attached hydrogens (primary N) is 1. The molecular weight excluding hydrogens is 206 g/mol. The number of H-pyrrole nitrogens is 1. The van der Waals surface area contributed by atoms with Crippen LogP contribution in [-0.4, -0.2) is 21.3 Å². The molecule has 5 heteroatoms. The molecule has 0 aliphatic rings. The summed E-state index contributed by atoms with van der Waals surface area (Å²) in [4.78, 5) is 11.0. The molecule has 5 nitrogen and oxygen atoms in total. The highest BCUT2D eigenvalue weighted by atomic mass is 16.4. The minimum Gasteiger partial charge on any atom is -0.478 e. The van der Waals surface area contributed by atoms with Crippen molar-refractivity contribution in [2.24, 2.45) is 0 Å². The molecule has 0 spiro atoms. The Balaban J connectivity index is 2.51. The molecule has 0 radical (unpaired) electrons. The van der Waals surface area contributed by atoms with Crippen LogP contribution in [0.3, 0.4) is 0 Å². The highest BCUT2D eigenvalue weighted by Crippen LogP contribution is 2.21. The summed E-state index contributed by atoms with van der Waals surface area (Å²) in [5.74, 6) is -0.556. The van der Waals surface area contributed by atoms with E-state index >= 15 is 0 Å². The van der Waals surface area contributed by atoms with E-state index in [9.17, 15) is 4.79 Å². The lowest BCUT2D eigenvalue weighted by molar-refractivity contribution is 0.0696. The van der Waals surface area contributed by atoms with Crippen molar-refractivity contribution < 1.29 is 9.90 Å². The van der Waals surface area contributed by atoms with E-state index < -0.39 is 5.97 Å². The van der Waals surface area contributed by atoms with Crippen molar-refractivity contribution in [3.8, 4) is 11.3 Å². The first kappa shape index (κ1) is 10.2. The maximum Gasteiger partial charge on any atom is 0.335 e. The summed E-state index contributed by atoms with van der Waals surface area (Å²) in [5.41, 5.74) is 7.96. The molecule has 82 valence electrons. The molecule has 2 aromatic rings. The summed E-state index contributed by atoms with van der Waals surface area (Å²) in [6.07, 6.45) is 0. The van der Waals surface area contributed by atoms with Gasteiger partial charge in [-0.1, -0.05) is 12.1 Å². The smallest absolute Gasteiger partial charge is 0.335 e. The number of nitrogens with zero attached hydrogens (tertiary/aromatic N) is 1. The summed E-state index contributed by atoms with van der Waals surface area (Å²) in [6.45, 7) is 1.76. The van der Waals surface area contributed by atoms with Gasteiger partial charge in [-0.15, -0.1) is 0 Å². The maximum atomic E-state index is 11.0. The summed E-state index contributed by atoms with van der Waals surface area (Å²) in [5, 5.41) is 15.5. The number of nitrogen functional groups attached to an aromatic ring is 1. The van der Waals surface area contributed by atoms with Gasteiger partial charge < -0.3 is 10.8 Å². The van der Waals surface area contributed by atoms with Gasteiger partial charge in [0.15, 0.2) is 0 Å². The van der Waals surface area contributed by atoms with Gasteiger partial charge in [-0.05, 0) is 18.6 Å². The zero-order valence-corrected chi connectivity index (χ0v) is 8.69. The largest absolute Gasteiger partial charge is 0.478 e. The van der Waals surface area contributed by atoms with Gasteiger partial charge in [0.1, 0.15) is 5.82 Å². The first-order valence-corrected chi connectivity index (χ1v) is 4.73. The van der Waals surface area contributed by atoms with Crippen LogP contribution in [0.25, 0.3) is 11.3 Å². The highest BCUT2D eigenvalue weighted by Gasteiger charge is 2.09. The quantitative estimate of drug-likeness (QED) is 0.713. The number of aromatic carboxylic acids is 1. The van der Waals surface area contributed by atoms with Crippen LogP contribution in [0.1, 0.15) is 15.9 Å². The van der Waals surface area contributed by atoms with E-state index in [1.807, 2.05) is 6.07 Å². The minimum absolute atomic E-state index is 0.283. The number of hydrogen-bond donors (Lipinski definition) is 3. The average molecular weight is 217 g/mol. The zero-order valence-electron chi connectivity index (χ0n) is 8.69. The Morgan fingerprint density at radius 3 is 2.75 bits per heavy atom. The van der Waals surface area contributed by atoms with Gasteiger partial charge in [0, 0.05) is 11.6 Å². The lowest BCUT2D eigenvalue weighted by atomic mass is 10.0. The van der Waals surface area contributed by atoms with Crippen LogP contribution in [0.5, 0.6) is 0 Å². The monoisotopic (exact) mass is 217 g/mol. The zero-order chi connectivity index (χ0) is 11.7. The Morgan fingerprint density at radius 1 is 1.44 bits per heavy atom. The van der Waals surface area contributed by atoms with Gasteiger partial charge >= 0.3 is 5.97 Å². The molecule has 4 N–H and O–H groups in total. The molecule has 0 saturated carbocycles. The molecule has 0 aliphatic carbocycles. The summed E-state index contributed by atoms with van der Waals surface area (Å²) in [7, 11) is 0. The first-order valence-electron chi connectivity index (χ1n) is 4.73. The van der Waals surface area contributed by atoms with Crippen molar-refractivity contribution >= 4 is 11.8 Å². The molecule has 1 aromatic heterocycles. The lowest BCUT2D eigenvalue weighted by Gasteiger charge is -2.03. The number of aromatic amines is 1. The Labute approximate surface area is 91.9 Å². The molecule has 0 bridgehead atoms. The third-order valence-electron chi connectivity index (χ3n) is 2.38. The van der Waals surface area contributed by atoms with E-state index in [0.717, 1.165) is 11.1 Å². The van der Waals surface area contributed by atoms with Crippen molar-refractivity contribution in [3.05, 3.63) is 35.4 Å².